The van der Waals surface area contributed by atoms with Gasteiger partial charge in [-0.05, 0) is 43.3 Å². The highest BCUT2D eigenvalue weighted by Gasteiger charge is 2.13. The molecule has 0 spiro atoms. The molecule has 0 saturated carbocycles. The standard InChI is InChI=1S/C14H11BrF3N/c1-8(11-7-10(16)3-5-12(11)17)19-14-6-9(15)2-4-13(14)18/h2-8,19H,1H3. The van der Waals surface area contributed by atoms with E-state index in [9.17, 15) is 13.2 Å². The van der Waals surface area contributed by atoms with Crippen LogP contribution in [0, 0.1) is 17.5 Å². The van der Waals surface area contributed by atoms with E-state index in [2.05, 4.69) is 21.2 Å². The highest BCUT2D eigenvalue weighted by atomic mass is 79.9. The fourth-order valence-electron chi connectivity index (χ4n) is 1.77. The maximum atomic E-state index is 13.6. The van der Waals surface area contributed by atoms with E-state index >= 15 is 0 Å². The molecular formula is C14H11BrF3N. The largest absolute Gasteiger partial charge is 0.376 e. The minimum Gasteiger partial charge on any atom is -0.376 e. The smallest absolute Gasteiger partial charge is 0.146 e. The molecule has 2 rings (SSSR count). The normalized spacial score (nSPS) is 12.3. The van der Waals surface area contributed by atoms with Crippen LogP contribution in [0.4, 0.5) is 18.9 Å². The summed E-state index contributed by atoms with van der Waals surface area (Å²) < 4.78 is 41.0. The molecule has 1 nitrogen and oxygen atoms in total. The summed E-state index contributed by atoms with van der Waals surface area (Å²) >= 11 is 3.23. The summed E-state index contributed by atoms with van der Waals surface area (Å²) in [5.41, 5.74) is 0.380. The predicted molar refractivity (Wildman–Crippen MR) is 72.5 cm³/mol. The van der Waals surface area contributed by atoms with Crippen LogP contribution in [0.2, 0.25) is 0 Å². The molecule has 1 N–H and O–H groups in total. The van der Waals surface area contributed by atoms with E-state index in [1.54, 1.807) is 19.1 Å². The second-order valence-electron chi connectivity index (χ2n) is 4.16. The van der Waals surface area contributed by atoms with Crippen LogP contribution in [0.1, 0.15) is 18.5 Å². The zero-order valence-electron chi connectivity index (χ0n) is 10.1. The van der Waals surface area contributed by atoms with Gasteiger partial charge in [-0.2, -0.15) is 0 Å². The summed E-state index contributed by atoms with van der Waals surface area (Å²) in [5, 5.41) is 2.82. The highest BCUT2D eigenvalue weighted by Crippen LogP contribution is 2.26. The molecule has 0 bridgehead atoms. The Hall–Kier alpha value is -1.49. The molecule has 0 heterocycles. The fourth-order valence-corrected chi connectivity index (χ4v) is 2.13. The molecular weight excluding hydrogens is 319 g/mol. The summed E-state index contributed by atoms with van der Waals surface area (Å²) in [4.78, 5) is 0. The van der Waals surface area contributed by atoms with Crippen molar-refractivity contribution in [3.63, 3.8) is 0 Å². The molecule has 19 heavy (non-hydrogen) atoms. The molecule has 0 fully saturated rings. The Morgan fingerprint density at radius 2 is 1.68 bits per heavy atom. The van der Waals surface area contributed by atoms with E-state index in [1.165, 1.54) is 6.07 Å². The van der Waals surface area contributed by atoms with Gasteiger partial charge in [-0.25, -0.2) is 13.2 Å². The Bertz CT molecular complexity index is 601. The number of nitrogens with one attached hydrogen (secondary N) is 1. The lowest BCUT2D eigenvalue weighted by atomic mass is 10.1. The molecule has 2 aromatic rings. The van der Waals surface area contributed by atoms with Crippen molar-refractivity contribution in [3.8, 4) is 0 Å². The van der Waals surface area contributed by atoms with Gasteiger partial charge in [0.05, 0.1) is 11.7 Å². The van der Waals surface area contributed by atoms with Crippen molar-refractivity contribution in [2.24, 2.45) is 0 Å². The van der Waals surface area contributed by atoms with Gasteiger partial charge in [0, 0.05) is 10.0 Å². The Morgan fingerprint density at radius 3 is 2.42 bits per heavy atom. The van der Waals surface area contributed by atoms with Crippen LogP contribution in [0.15, 0.2) is 40.9 Å². The first-order chi connectivity index (χ1) is 8.97. The van der Waals surface area contributed by atoms with Crippen molar-refractivity contribution in [3.05, 3.63) is 63.9 Å². The summed E-state index contributed by atoms with van der Waals surface area (Å²) in [5.74, 6) is -1.51. The van der Waals surface area contributed by atoms with Crippen molar-refractivity contribution in [1.82, 2.24) is 0 Å². The fraction of sp³-hybridized carbons (Fsp3) is 0.143. The summed E-state index contributed by atoms with van der Waals surface area (Å²) in [6, 6.07) is 7.05. The van der Waals surface area contributed by atoms with Gasteiger partial charge in [0.2, 0.25) is 0 Å². The highest BCUT2D eigenvalue weighted by molar-refractivity contribution is 9.10. The number of halogens is 4. The van der Waals surface area contributed by atoms with E-state index < -0.39 is 23.5 Å². The van der Waals surface area contributed by atoms with Crippen LogP contribution in [-0.2, 0) is 0 Å². The number of hydrogen-bond acceptors (Lipinski definition) is 1. The number of rotatable bonds is 3. The van der Waals surface area contributed by atoms with Gasteiger partial charge in [0.1, 0.15) is 17.5 Å². The topological polar surface area (TPSA) is 12.0 Å². The SMILES string of the molecule is CC(Nc1cc(Br)ccc1F)c1cc(F)ccc1F. The lowest BCUT2D eigenvalue weighted by molar-refractivity contribution is 0.575. The third-order valence-electron chi connectivity index (χ3n) is 2.72. The van der Waals surface area contributed by atoms with Gasteiger partial charge in [-0.1, -0.05) is 15.9 Å². The molecule has 2 aromatic carbocycles. The van der Waals surface area contributed by atoms with E-state index in [-0.39, 0.29) is 11.3 Å². The molecule has 1 unspecified atom stereocenters. The average Bonchev–Trinajstić information content (AvgIpc) is 2.36. The Labute approximate surface area is 117 Å². The molecule has 0 aliphatic rings. The van der Waals surface area contributed by atoms with Crippen LogP contribution >= 0.6 is 15.9 Å². The second-order valence-corrected chi connectivity index (χ2v) is 5.07. The molecule has 0 amide bonds. The zero-order valence-corrected chi connectivity index (χ0v) is 11.6. The minimum atomic E-state index is -0.556. The number of hydrogen-bond donors (Lipinski definition) is 1. The van der Waals surface area contributed by atoms with Crippen LogP contribution in [0.5, 0.6) is 0 Å². The van der Waals surface area contributed by atoms with Gasteiger partial charge in [0.25, 0.3) is 0 Å². The van der Waals surface area contributed by atoms with Crippen molar-refractivity contribution < 1.29 is 13.2 Å². The van der Waals surface area contributed by atoms with E-state index in [1.807, 2.05) is 0 Å². The lowest BCUT2D eigenvalue weighted by Gasteiger charge is -2.17. The van der Waals surface area contributed by atoms with Gasteiger partial charge in [-0.15, -0.1) is 0 Å². The number of benzene rings is 2. The molecule has 100 valence electrons. The van der Waals surface area contributed by atoms with Crippen molar-refractivity contribution in [2.75, 3.05) is 5.32 Å². The third-order valence-corrected chi connectivity index (χ3v) is 3.22. The van der Waals surface area contributed by atoms with Crippen LogP contribution in [-0.4, -0.2) is 0 Å². The van der Waals surface area contributed by atoms with Gasteiger partial charge in [-0.3, -0.25) is 0 Å². The van der Waals surface area contributed by atoms with E-state index in [4.69, 9.17) is 0 Å². The van der Waals surface area contributed by atoms with Crippen molar-refractivity contribution in [1.29, 1.82) is 0 Å². The monoisotopic (exact) mass is 329 g/mol. The Balaban J connectivity index is 2.27. The summed E-state index contributed by atoms with van der Waals surface area (Å²) in [7, 11) is 0. The van der Waals surface area contributed by atoms with Crippen LogP contribution in [0.3, 0.4) is 0 Å². The molecule has 0 aliphatic carbocycles. The first kappa shape index (κ1) is 13.9. The lowest BCUT2D eigenvalue weighted by Crippen LogP contribution is -2.10. The van der Waals surface area contributed by atoms with Crippen LogP contribution < -0.4 is 5.32 Å². The first-order valence-electron chi connectivity index (χ1n) is 5.64. The maximum Gasteiger partial charge on any atom is 0.146 e. The van der Waals surface area contributed by atoms with Gasteiger partial charge >= 0.3 is 0 Å². The first-order valence-corrected chi connectivity index (χ1v) is 6.43. The number of anilines is 1. The average molecular weight is 330 g/mol. The van der Waals surface area contributed by atoms with Crippen LogP contribution in [0.25, 0.3) is 0 Å². The van der Waals surface area contributed by atoms with Crippen molar-refractivity contribution in [2.45, 2.75) is 13.0 Å². The maximum absolute atomic E-state index is 13.6. The van der Waals surface area contributed by atoms with Gasteiger partial charge in [0.15, 0.2) is 0 Å². The molecule has 5 heteroatoms. The molecule has 0 aliphatic heterocycles. The molecule has 0 radical (unpaired) electrons. The second kappa shape index (κ2) is 5.65. The van der Waals surface area contributed by atoms with E-state index in [0.29, 0.717) is 4.47 Å². The zero-order chi connectivity index (χ0) is 14.0. The minimum absolute atomic E-state index is 0.152. The molecule has 0 saturated heterocycles. The third kappa shape index (κ3) is 3.29. The quantitative estimate of drug-likeness (QED) is 0.831. The Kier molecular flexibility index (Phi) is 4.14. The predicted octanol–water partition coefficient (Wildman–Crippen LogP) is 5.04. The van der Waals surface area contributed by atoms with E-state index in [0.717, 1.165) is 18.2 Å². The van der Waals surface area contributed by atoms with Gasteiger partial charge < -0.3 is 5.32 Å². The molecule has 0 aromatic heterocycles. The molecule has 1 atom stereocenters. The van der Waals surface area contributed by atoms with Crippen molar-refractivity contribution >= 4 is 21.6 Å². The Morgan fingerprint density at radius 1 is 1.00 bits per heavy atom. The summed E-state index contributed by atoms with van der Waals surface area (Å²) in [6.45, 7) is 1.64. The summed E-state index contributed by atoms with van der Waals surface area (Å²) in [6.07, 6.45) is 0.